The van der Waals surface area contributed by atoms with Crippen LogP contribution in [0.2, 0.25) is 0 Å². The average Bonchev–Trinajstić information content (AvgIpc) is 3.78. The summed E-state index contributed by atoms with van der Waals surface area (Å²) in [5.41, 5.74) is 8.47. The summed E-state index contributed by atoms with van der Waals surface area (Å²) in [5.74, 6) is -2.06. The molecule has 5 aromatic rings. The number of fused-ring (bicyclic) bond motifs is 2. The zero-order chi connectivity index (χ0) is 45.3. The van der Waals surface area contributed by atoms with Crippen molar-refractivity contribution in [1.82, 2.24) is 31.2 Å². The fraction of sp³-hybridized carbons (Fsp3) is 0.460. The van der Waals surface area contributed by atoms with E-state index in [9.17, 15) is 24.3 Å². The van der Waals surface area contributed by atoms with Crippen LogP contribution in [0, 0.1) is 17.8 Å². The molecule has 0 radical (unpaired) electrons. The second-order valence-corrected chi connectivity index (χ2v) is 17.7. The van der Waals surface area contributed by atoms with Crippen molar-refractivity contribution < 1.29 is 29.4 Å². The summed E-state index contributed by atoms with van der Waals surface area (Å²) in [4.78, 5) is 63.0. The lowest BCUT2D eigenvalue weighted by Crippen LogP contribution is -2.55. The molecule has 1 heterocycles. The Morgan fingerprint density at radius 3 is 1.83 bits per heavy atom. The van der Waals surface area contributed by atoms with Crippen molar-refractivity contribution >= 4 is 70.0 Å². The number of carbonyl (C=O) groups is 4. The Morgan fingerprint density at radius 2 is 1.28 bits per heavy atom. The van der Waals surface area contributed by atoms with Gasteiger partial charge in [-0.2, -0.15) is 0 Å². The first-order chi connectivity index (χ1) is 30.3. The van der Waals surface area contributed by atoms with Gasteiger partial charge in [0, 0.05) is 36.8 Å². The fourth-order valence-electron chi connectivity index (χ4n) is 8.19. The molecule has 4 aromatic carbocycles. The maximum absolute atomic E-state index is 14.7. The summed E-state index contributed by atoms with van der Waals surface area (Å²) in [6.45, 7) is 8.14. The van der Waals surface area contributed by atoms with Gasteiger partial charge < -0.3 is 42.2 Å². The van der Waals surface area contributed by atoms with Crippen LogP contribution < -0.4 is 27.0 Å². The van der Waals surface area contributed by atoms with Gasteiger partial charge in [-0.3, -0.25) is 19.2 Å². The van der Waals surface area contributed by atoms with Crippen molar-refractivity contribution in [1.29, 1.82) is 0 Å². The monoisotopic (exact) mass is 933 g/mol. The first-order valence-corrected chi connectivity index (χ1v) is 22.4. The highest BCUT2D eigenvalue weighted by Gasteiger charge is 2.32. The molecule has 0 aliphatic carbocycles. The number of aromatic amines is 1. The van der Waals surface area contributed by atoms with Crippen molar-refractivity contribution in [2.75, 3.05) is 13.2 Å². The van der Waals surface area contributed by atoms with E-state index in [0.29, 0.717) is 50.8 Å². The molecule has 15 heteroatoms. The summed E-state index contributed by atoms with van der Waals surface area (Å²) >= 11 is 0. The quantitative estimate of drug-likeness (QED) is 0.0320. The zero-order valence-corrected chi connectivity index (χ0v) is 39.6. The number of halogens is 2. The standard InChI is InChI=1S/C50H67N7O6.2ClH/c1-32(2)23-43(46(59)28-47(60)55-44(24-33(3)4)49(62)53-22-10-9-19-39(51)30-58)56-50(63)45(27-40-29-52-31-54-40)57-48(61)38(25-36-17-11-15-34-13-5-7-20-41(34)36)26-37-18-12-16-35-14-6-8-21-42(35)37;;/h5-8,11-18,20-21,29,31-33,38-39,43-46,58-59H,9-10,19,22-28,30,51H2,1-4H3,(H,52,54)(H,53,62)(H,55,60)(H,56,63)(H,57,61);2*1H/t39-,43-,44-,45?,46-;;/m0../s1. The minimum atomic E-state index is -1.29. The first kappa shape index (κ1) is 54.3. The molecular formula is C50H69Cl2N7O6. The van der Waals surface area contributed by atoms with E-state index in [2.05, 4.69) is 67.6 Å². The van der Waals surface area contributed by atoms with E-state index in [1.165, 1.54) is 6.33 Å². The number of amides is 4. The topological polar surface area (TPSA) is 212 Å². The molecule has 0 aliphatic heterocycles. The number of aromatic nitrogens is 2. The van der Waals surface area contributed by atoms with Gasteiger partial charge in [0.25, 0.3) is 0 Å². The largest absolute Gasteiger partial charge is 0.395 e. The number of aliphatic hydroxyl groups excluding tert-OH is 2. The molecule has 5 atom stereocenters. The van der Waals surface area contributed by atoms with E-state index in [0.717, 1.165) is 39.1 Å². The van der Waals surface area contributed by atoms with Crippen molar-refractivity contribution in [2.45, 2.75) is 116 Å². The van der Waals surface area contributed by atoms with E-state index < -0.39 is 42.0 Å². The van der Waals surface area contributed by atoms with Crippen LogP contribution in [0.5, 0.6) is 0 Å². The number of imidazole rings is 1. The molecule has 0 spiro atoms. The molecule has 0 bridgehead atoms. The van der Waals surface area contributed by atoms with Crippen LogP contribution >= 0.6 is 24.8 Å². The Kier molecular flexibility index (Phi) is 22.9. The lowest BCUT2D eigenvalue weighted by molar-refractivity contribution is -0.133. The fourth-order valence-corrected chi connectivity index (χ4v) is 8.19. The van der Waals surface area contributed by atoms with Gasteiger partial charge >= 0.3 is 0 Å². The number of hydrogen-bond donors (Lipinski definition) is 8. The number of benzene rings is 4. The SMILES string of the molecule is CC(C)C[C@H](NC(=O)C[C@H](O)[C@H](CC(C)C)NC(=O)C(Cc1cnc[nH]1)NC(=O)C(Cc1cccc2ccccc12)Cc1cccc2ccccc12)C(=O)NCCCC[C@H](N)CO.Cl.Cl. The van der Waals surface area contributed by atoms with Gasteiger partial charge in [-0.15, -0.1) is 24.8 Å². The van der Waals surface area contributed by atoms with Gasteiger partial charge in [-0.1, -0.05) is 119 Å². The summed E-state index contributed by atoms with van der Waals surface area (Å²) in [7, 11) is 0. The molecular weight excluding hydrogens is 865 g/mol. The molecule has 5 rings (SSSR count). The lowest BCUT2D eigenvalue weighted by Gasteiger charge is -2.29. The second kappa shape index (κ2) is 27.4. The minimum absolute atomic E-state index is 0. The van der Waals surface area contributed by atoms with E-state index in [-0.39, 0.29) is 74.0 Å². The van der Waals surface area contributed by atoms with E-state index in [1.54, 1.807) is 6.20 Å². The van der Waals surface area contributed by atoms with Crippen LogP contribution in [0.1, 0.15) is 83.0 Å². The van der Waals surface area contributed by atoms with Gasteiger partial charge in [0.2, 0.25) is 23.6 Å². The van der Waals surface area contributed by atoms with Crippen LogP contribution in [-0.4, -0.2) is 87.2 Å². The normalized spacial score (nSPS) is 13.6. The Morgan fingerprint density at radius 1 is 0.692 bits per heavy atom. The Bertz CT molecular complexity index is 2150. The van der Waals surface area contributed by atoms with Crippen molar-refractivity contribution in [3.05, 3.63) is 114 Å². The summed E-state index contributed by atoms with van der Waals surface area (Å²) in [5, 5.41) is 36.8. The maximum atomic E-state index is 14.7. The lowest BCUT2D eigenvalue weighted by atomic mass is 9.87. The number of nitrogens with zero attached hydrogens (tertiary/aromatic N) is 1. The second-order valence-electron chi connectivity index (χ2n) is 17.7. The Balaban J connectivity index is 0.00000561. The predicted molar refractivity (Wildman–Crippen MR) is 263 cm³/mol. The number of nitrogens with two attached hydrogens (primary N) is 1. The Labute approximate surface area is 395 Å². The van der Waals surface area contributed by atoms with Gasteiger partial charge in [0.15, 0.2) is 0 Å². The molecule has 0 aliphatic rings. The highest BCUT2D eigenvalue weighted by Crippen LogP contribution is 2.27. The molecule has 0 saturated carbocycles. The maximum Gasteiger partial charge on any atom is 0.243 e. The first-order valence-electron chi connectivity index (χ1n) is 22.4. The molecule has 1 aromatic heterocycles. The van der Waals surface area contributed by atoms with Gasteiger partial charge in [0.1, 0.15) is 12.1 Å². The third-order valence-electron chi connectivity index (χ3n) is 11.5. The third-order valence-corrected chi connectivity index (χ3v) is 11.5. The van der Waals surface area contributed by atoms with Gasteiger partial charge in [-0.25, -0.2) is 4.98 Å². The minimum Gasteiger partial charge on any atom is -0.395 e. The van der Waals surface area contributed by atoms with Crippen molar-refractivity contribution in [3.63, 3.8) is 0 Å². The molecule has 1 unspecified atom stereocenters. The number of unbranched alkanes of at least 4 members (excludes halogenated alkanes) is 1. The van der Waals surface area contributed by atoms with Crippen LogP contribution in [0.4, 0.5) is 0 Å². The zero-order valence-electron chi connectivity index (χ0n) is 38.0. The van der Waals surface area contributed by atoms with Gasteiger partial charge in [-0.05, 0) is 83.0 Å². The van der Waals surface area contributed by atoms with E-state index in [1.807, 2.05) is 76.2 Å². The van der Waals surface area contributed by atoms with Crippen LogP contribution in [0.25, 0.3) is 21.5 Å². The molecule has 4 amide bonds. The number of rotatable bonds is 25. The van der Waals surface area contributed by atoms with Gasteiger partial charge in [0.05, 0.1) is 31.5 Å². The van der Waals surface area contributed by atoms with Crippen molar-refractivity contribution in [2.24, 2.45) is 23.5 Å². The number of hydrogen-bond acceptors (Lipinski definition) is 8. The number of aliphatic hydroxyl groups is 2. The molecule has 354 valence electrons. The predicted octanol–water partition coefficient (Wildman–Crippen LogP) is 6.11. The van der Waals surface area contributed by atoms with Crippen LogP contribution in [-0.2, 0) is 38.4 Å². The number of nitrogens with one attached hydrogen (secondary N) is 5. The smallest absolute Gasteiger partial charge is 0.243 e. The molecule has 0 fully saturated rings. The number of H-pyrrole nitrogens is 1. The van der Waals surface area contributed by atoms with E-state index >= 15 is 0 Å². The van der Waals surface area contributed by atoms with Crippen LogP contribution in [0.3, 0.4) is 0 Å². The number of carbonyl (C=O) groups excluding carboxylic acids is 4. The summed E-state index contributed by atoms with van der Waals surface area (Å²) in [6.07, 6.45) is 5.24. The summed E-state index contributed by atoms with van der Waals surface area (Å²) < 4.78 is 0. The molecule has 13 nitrogen and oxygen atoms in total. The molecule has 65 heavy (non-hydrogen) atoms. The Hall–Kier alpha value is -5.05. The van der Waals surface area contributed by atoms with Crippen molar-refractivity contribution in [3.8, 4) is 0 Å². The average molecular weight is 935 g/mol. The third kappa shape index (κ3) is 17.0. The summed E-state index contributed by atoms with van der Waals surface area (Å²) in [6, 6.07) is 25.4. The van der Waals surface area contributed by atoms with E-state index in [4.69, 9.17) is 10.8 Å². The molecule has 0 saturated heterocycles. The highest BCUT2D eigenvalue weighted by molar-refractivity contribution is 5.92. The highest BCUT2D eigenvalue weighted by atomic mass is 35.5. The van der Waals surface area contributed by atoms with Crippen LogP contribution in [0.15, 0.2) is 97.5 Å². The molecule has 9 N–H and O–H groups in total.